The summed E-state index contributed by atoms with van der Waals surface area (Å²) in [6, 6.07) is 69.2. The van der Waals surface area contributed by atoms with E-state index in [-0.39, 0.29) is 0 Å². The molecular weight excluding hydrogens is 707 g/mol. The van der Waals surface area contributed by atoms with Gasteiger partial charge >= 0.3 is 0 Å². The highest BCUT2D eigenvalue weighted by Gasteiger charge is 2.23. The smallest absolute Gasteiger partial charge is 0.165 e. The molecule has 0 radical (unpaired) electrons. The summed E-state index contributed by atoms with van der Waals surface area (Å²) in [4.78, 5) is 26.3. The summed E-state index contributed by atoms with van der Waals surface area (Å²) < 4.78 is 0. The molecule has 58 heavy (non-hydrogen) atoms. The van der Waals surface area contributed by atoms with Gasteiger partial charge in [-0.15, -0.1) is 0 Å². The lowest BCUT2D eigenvalue weighted by molar-refractivity contribution is 1.08. The first-order valence-corrected chi connectivity index (χ1v) is 19.4. The van der Waals surface area contributed by atoms with E-state index in [0.29, 0.717) is 23.3 Å². The molecule has 0 amide bonds. The Labute approximate surface area is 335 Å². The Bertz CT molecular complexity index is 3210. The zero-order valence-corrected chi connectivity index (χ0v) is 31.3. The average Bonchev–Trinajstić information content (AvgIpc) is 3.31. The second-order valence-corrected chi connectivity index (χ2v) is 14.4. The molecule has 0 spiro atoms. The Morgan fingerprint density at radius 2 is 0.621 bits per heavy atom. The lowest BCUT2D eigenvalue weighted by atomic mass is 9.90. The van der Waals surface area contributed by atoms with Crippen molar-refractivity contribution in [3.05, 3.63) is 200 Å². The predicted molar refractivity (Wildman–Crippen MR) is 238 cm³/mol. The second kappa shape index (κ2) is 14.0. The van der Waals surface area contributed by atoms with Crippen molar-refractivity contribution in [1.82, 2.24) is 24.9 Å². The van der Waals surface area contributed by atoms with E-state index in [4.69, 9.17) is 24.9 Å². The molecule has 0 N–H and O–H groups in total. The molecule has 0 aliphatic heterocycles. The van der Waals surface area contributed by atoms with Crippen LogP contribution in [0.2, 0.25) is 0 Å². The maximum Gasteiger partial charge on any atom is 0.165 e. The normalized spacial score (nSPS) is 11.4. The van der Waals surface area contributed by atoms with Crippen LogP contribution in [0.1, 0.15) is 0 Å². The monoisotopic (exact) mass is 739 g/mol. The summed E-state index contributed by atoms with van der Waals surface area (Å²) in [5, 5.41) is 8.76. The summed E-state index contributed by atoms with van der Waals surface area (Å²) in [6.45, 7) is 0. The van der Waals surface area contributed by atoms with Gasteiger partial charge in [0, 0.05) is 33.4 Å². The minimum atomic E-state index is 0.605. The van der Waals surface area contributed by atoms with Crippen molar-refractivity contribution in [2.24, 2.45) is 0 Å². The Kier molecular flexibility index (Phi) is 8.07. The van der Waals surface area contributed by atoms with Gasteiger partial charge in [-0.25, -0.2) is 24.9 Å². The number of hydrogen-bond donors (Lipinski definition) is 0. The molecule has 2 heterocycles. The first kappa shape index (κ1) is 33.4. The molecule has 270 valence electrons. The molecule has 0 fully saturated rings. The van der Waals surface area contributed by atoms with Gasteiger partial charge in [0.25, 0.3) is 0 Å². The van der Waals surface area contributed by atoms with Crippen molar-refractivity contribution in [1.29, 1.82) is 0 Å². The van der Waals surface area contributed by atoms with Crippen LogP contribution in [0.15, 0.2) is 200 Å². The lowest BCUT2D eigenvalue weighted by Crippen LogP contribution is -2.02. The van der Waals surface area contributed by atoms with Crippen molar-refractivity contribution >= 4 is 43.1 Å². The van der Waals surface area contributed by atoms with Crippen LogP contribution in [0.4, 0.5) is 0 Å². The van der Waals surface area contributed by atoms with Crippen LogP contribution in [-0.4, -0.2) is 24.9 Å². The molecule has 9 aromatic carbocycles. The van der Waals surface area contributed by atoms with Crippen LogP contribution in [0.3, 0.4) is 0 Å². The molecule has 5 heteroatoms. The average molecular weight is 740 g/mol. The summed E-state index contributed by atoms with van der Waals surface area (Å²) in [6.07, 6.45) is 0. The van der Waals surface area contributed by atoms with Crippen LogP contribution in [0, 0.1) is 0 Å². The number of benzene rings is 9. The van der Waals surface area contributed by atoms with Gasteiger partial charge in [0.1, 0.15) is 0 Å². The fourth-order valence-corrected chi connectivity index (χ4v) is 8.25. The third-order valence-electron chi connectivity index (χ3n) is 10.9. The van der Waals surface area contributed by atoms with Gasteiger partial charge < -0.3 is 0 Å². The van der Waals surface area contributed by atoms with Gasteiger partial charge in [-0.2, -0.15) is 0 Å². The van der Waals surface area contributed by atoms with Gasteiger partial charge in [-0.3, -0.25) is 0 Å². The van der Waals surface area contributed by atoms with Crippen molar-refractivity contribution in [3.63, 3.8) is 0 Å². The van der Waals surface area contributed by atoms with Gasteiger partial charge in [0.15, 0.2) is 23.3 Å². The third-order valence-corrected chi connectivity index (χ3v) is 10.9. The van der Waals surface area contributed by atoms with E-state index in [9.17, 15) is 0 Å². The van der Waals surface area contributed by atoms with Crippen LogP contribution < -0.4 is 0 Å². The van der Waals surface area contributed by atoms with E-state index in [1.807, 2.05) is 66.7 Å². The fraction of sp³-hybridized carbons (Fsp3) is 0. The first-order valence-electron chi connectivity index (χ1n) is 19.4. The fourth-order valence-electron chi connectivity index (χ4n) is 8.25. The molecule has 11 rings (SSSR count). The minimum Gasteiger partial charge on any atom is -0.228 e. The highest BCUT2D eigenvalue weighted by molar-refractivity contribution is 6.20. The zero-order chi connectivity index (χ0) is 38.4. The topological polar surface area (TPSA) is 64.5 Å². The maximum absolute atomic E-state index is 5.51. The Morgan fingerprint density at radius 1 is 0.241 bits per heavy atom. The third kappa shape index (κ3) is 5.76. The number of rotatable bonds is 6. The number of fused-ring (bicyclic) bond motifs is 5. The summed E-state index contributed by atoms with van der Waals surface area (Å²) in [7, 11) is 0. The van der Waals surface area contributed by atoms with E-state index in [1.165, 1.54) is 16.2 Å². The molecule has 0 unspecified atom stereocenters. The summed E-state index contributed by atoms with van der Waals surface area (Å²) in [5.41, 5.74) is 7.54. The van der Waals surface area contributed by atoms with Crippen LogP contribution >= 0.6 is 0 Å². The molecule has 5 nitrogen and oxygen atoms in total. The van der Waals surface area contributed by atoms with Crippen LogP contribution in [0.5, 0.6) is 0 Å². The van der Waals surface area contributed by atoms with Gasteiger partial charge in [-0.1, -0.05) is 188 Å². The molecule has 0 aliphatic rings. The molecule has 0 atom stereocenters. The molecule has 11 aromatic rings. The molecular formula is C53H33N5. The lowest BCUT2D eigenvalue weighted by Gasteiger charge is -2.18. The van der Waals surface area contributed by atoms with Crippen LogP contribution in [0.25, 0.3) is 111 Å². The summed E-state index contributed by atoms with van der Waals surface area (Å²) >= 11 is 0. The zero-order valence-electron chi connectivity index (χ0n) is 31.3. The number of hydrogen-bond acceptors (Lipinski definition) is 5. The summed E-state index contributed by atoms with van der Waals surface area (Å²) in [5.74, 6) is 2.49. The van der Waals surface area contributed by atoms with Crippen LogP contribution in [-0.2, 0) is 0 Å². The Hall–Kier alpha value is -7.89. The minimum absolute atomic E-state index is 0.605. The van der Waals surface area contributed by atoms with E-state index in [1.54, 1.807) is 0 Å². The van der Waals surface area contributed by atoms with E-state index < -0.39 is 0 Å². The highest BCUT2D eigenvalue weighted by Crippen LogP contribution is 2.44. The van der Waals surface area contributed by atoms with Crippen molar-refractivity contribution in [2.75, 3.05) is 0 Å². The molecule has 2 aromatic heterocycles. The first-order chi connectivity index (χ1) is 28.8. The van der Waals surface area contributed by atoms with E-state index >= 15 is 0 Å². The van der Waals surface area contributed by atoms with Gasteiger partial charge in [0.2, 0.25) is 0 Å². The van der Waals surface area contributed by atoms with E-state index in [0.717, 1.165) is 71.7 Å². The second-order valence-electron chi connectivity index (χ2n) is 14.4. The van der Waals surface area contributed by atoms with Gasteiger partial charge in [0.05, 0.1) is 11.4 Å². The quantitative estimate of drug-likeness (QED) is 0.125. The van der Waals surface area contributed by atoms with Crippen molar-refractivity contribution in [2.45, 2.75) is 0 Å². The number of nitrogens with zero attached hydrogens (tertiary/aromatic N) is 5. The number of aromatic nitrogens is 5. The van der Waals surface area contributed by atoms with E-state index in [2.05, 4.69) is 133 Å². The Balaban J connectivity index is 1.21. The molecule has 0 saturated heterocycles. The maximum atomic E-state index is 5.51. The largest absolute Gasteiger partial charge is 0.228 e. The van der Waals surface area contributed by atoms with Gasteiger partial charge in [-0.05, 0) is 55.2 Å². The molecule has 0 saturated carbocycles. The highest BCUT2D eigenvalue weighted by atomic mass is 15.0. The van der Waals surface area contributed by atoms with Crippen molar-refractivity contribution in [3.8, 4) is 68.1 Å². The predicted octanol–water partition coefficient (Wildman–Crippen LogP) is 13.3. The Morgan fingerprint density at radius 3 is 1.16 bits per heavy atom. The SMILES string of the molecule is c1ccc(-c2cc(-c3cc4ccccc4c4ccccc34)nc(-c3c4ccccc4c(-c4nc(-c5ccccc5)nc(-c5ccccc5)n4)c4ccccc34)n2)cc1. The molecule has 0 aliphatic carbocycles. The van der Waals surface area contributed by atoms with Crippen molar-refractivity contribution < 1.29 is 0 Å². The standard InChI is InChI=1S/C53H33N5/c1-4-18-34(19-5-1)46-33-47(45-32-37-24-10-11-25-38(37)39-26-12-13-27-40(39)45)55-52(54-46)48-41-28-14-16-30-43(41)49(44-31-17-15-29-42(44)48)53-57-50(35-20-6-2-7-21-35)56-51(58-53)36-22-8-3-9-23-36/h1-33H. The molecule has 0 bridgehead atoms.